The van der Waals surface area contributed by atoms with E-state index in [4.69, 9.17) is 9.47 Å². The van der Waals surface area contributed by atoms with Crippen LogP contribution in [0.1, 0.15) is 41.3 Å². The molecule has 0 radical (unpaired) electrons. The lowest BCUT2D eigenvalue weighted by Crippen LogP contribution is -2.24. The van der Waals surface area contributed by atoms with Crippen LogP contribution in [-0.4, -0.2) is 49.3 Å². The number of amides is 1. The molecule has 190 valence electrons. The zero-order valence-corrected chi connectivity index (χ0v) is 19.5. The van der Waals surface area contributed by atoms with Crippen molar-refractivity contribution in [2.45, 2.75) is 39.3 Å². The monoisotopic (exact) mass is 497 g/mol. The molecule has 11 heteroatoms. The second kappa shape index (κ2) is 12.1. The Morgan fingerprint density at radius 1 is 1.06 bits per heavy atom. The largest absolute Gasteiger partial charge is 0.507 e. The van der Waals surface area contributed by atoms with Gasteiger partial charge in [-0.05, 0) is 56.2 Å². The number of hydrogen-bond donors (Lipinski definition) is 2. The number of benzene rings is 2. The van der Waals surface area contributed by atoms with E-state index in [9.17, 15) is 32.7 Å². The number of rotatable bonds is 10. The van der Waals surface area contributed by atoms with Crippen LogP contribution < -0.4 is 14.8 Å². The van der Waals surface area contributed by atoms with Crippen molar-refractivity contribution in [2.24, 2.45) is 0 Å². The Hall–Kier alpha value is -3.76. The first-order chi connectivity index (χ1) is 16.4. The number of aryl methyl sites for hydroxylation is 1. The van der Waals surface area contributed by atoms with Crippen molar-refractivity contribution in [1.82, 2.24) is 0 Å². The maximum absolute atomic E-state index is 12.7. The van der Waals surface area contributed by atoms with E-state index in [0.717, 1.165) is 7.11 Å². The number of anilines is 1. The fourth-order valence-electron chi connectivity index (χ4n) is 3.11. The molecular formula is C24H26F3NO7. The predicted octanol–water partition coefficient (Wildman–Crippen LogP) is 4.36. The first-order valence-corrected chi connectivity index (χ1v) is 10.6. The number of hydrogen-bond acceptors (Lipinski definition) is 7. The Labute approximate surface area is 200 Å². The minimum atomic E-state index is -4.43. The molecule has 0 heterocycles. The Bertz CT molecular complexity index is 1080. The molecule has 0 spiro atoms. The average Bonchev–Trinajstić information content (AvgIpc) is 2.78. The van der Waals surface area contributed by atoms with Crippen LogP contribution in [0.3, 0.4) is 0 Å². The van der Waals surface area contributed by atoms with Gasteiger partial charge in [-0.15, -0.1) is 0 Å². The minimum Gasteiger partial charge on any atom is -0.507 e. The quantitative estimate of drug-likeness (QED) is 0.217. The summed E-state index contributed by atoms with van der Waals surface area (Å²) in [7, 11) is 1.10. The highest BCUT2D eigenvalue weighted by atomic mass is 19.4. The number of ether oxygens (including phenoxy) is 3. The van der Waals surface area contributed by atoms with Gasteiger partial charge in [-0.25, -0.2) is 4.79 Å². The zero-order chi connectivity index (χ0) is 26.2. The molecule has 2 N–H and O–H groups in total. The summed E-state index contributed by atoms with van der Waals surface area (Å²) in [6.07, 6.45) is -5.76. The number of nitrogens with one attached hydrogen (secondary N) is 1. The normalized spacial score (nSPS) is 11.0. The summed E-state index contributed by atoms with van der Waals surface area (Å²) in [6.45, 7) is 3.22. The second-order valence-corrected chi connectivity index (χ2v) is 7.58. The number of aromatic hydroxyl groups is 1. The van der Waals surface area contributed by atoms with E-state index in [-0.39, 0.29) is 30.1 Å². The van der Waals surface area contributed by atoms with Crippen LogP contribution in [0.25, 0.3) is 0 Å². The molecule has 0 saturated heterocycles. The molecule has 0 aliphatic heterocycles. The van der Waals surface area contributed by atoms with Crippen LogP contribution in [0.5, 0.6) is 17.2 Å². The van der Waals surface area contributed by atoms with E-state index in [0.29, 0.717) is 23.4 Å². The lowest BCUT2D eigenvalue weighted by atomic mass is 10.0. The maximum Gasteiger partial charge on any atom is 0.396 e. The summed E-state index contributed by atoms with van der Waals surface area (Å²) in [5.74, 6) is -2.34. The number of Topliss-reactive ketones (excluding diaryl/α,β-unsaturated/α-hetero) is 1. The van der Waals surface area contributed by atoms with Crippen molar-refractivity contribution >= 4 is 23.3 Å². The summed E-state index contributed by atoms with van der Waals surface area (Å²) < 4.78 is 53.6. The van der Waals surface area contributed by atoms with Gasteiger partial charge in [0.2, 0.25) is 0 Å². The molecule has 2 rings (SSSR count). The Morgan fingerprint density at radius 2 is 1.74 bits per heavy atom. The lowest BCUT2D eigenvalue weighted by Gasteiger charge is -2.16. The maximum atomic E-state index is 12.7. The number of alkyl halides is 3. The molecular weight excluding hydrogens is 471 g/mol. The van der Waals surface area contributed by atoms with Crippen molar-refractivity contribution in [3.05, 3.63) is 47.0 Å². The van der Waals surface area contributed by atoms with Gasteiger partial charge in [-0.3, -0.25) is 9.59 Å². The molecule has 1 amide bonds. The van der Waals surface area contributed by atoms with Crippen LogP contribution in [0, 0.1) is 6.92 Å². The average molecular weight is 497 g/mol. The highest BCUT2D eigenvalue weighted by Gasteiger charge is 2.29. The molecule has 0 aliphatic carbocycles. The third-order valence-electron chi connectivity index (χ3n) is 4.91. The third kappa shape index (κ3) is 8.20. The fraction of sp³-hybridized carbons (Fsp3) is 0.375. The Balaban J connectivity index is 1.94. The van der Waals surface area contributed by atoms with Gasteiger partial charge in [0.1, 0.15) is 17.2 Å². The molecule has 0 aliphatic rings. The van der Waals surface area contributed by atoms with Gasteiger partial charge in [-0.1, -0.05) is 0 Å². The molecule has 2 aromatic carbocycles. The Morgan fingerprint density at radius 3 is 2.34 bits per heavy atom. The van der Waals surface area contributed by atoms with Gasteiger partial charge in [0.15, 0.2) is 5.78 Å². The van der Waals surface area contributed by atoms with Crippen molar-refractivity contribution in [3.8, 4) is 17.2 Å². The standard InChI is InChI=1S/C24H26F3NO7/c1-14-13-16(5-7-19(14)28-22(31)23(32)33-3)34-11-4-12-35-20-8-6-17(15(2)29)21(30)18(20)9-10-24(25,26)27/h5-8,13,30H,4,9-12H2,1-3H3,(H,28,31). The molecule has 0 saturated carbocycles. The van der Waals surface area contributed by atoms with E-state index in [1.807, 2.05) is 0 Å². The highest BCUT2D eigenvalue weighted by Crippen LogP contribution is 2.35. The fourth-order valence-corrected chi connectivity index (χ4v) is 3.11. The molecule has 8 nitrogen and oxygen atoms in total. The lowest BCUT2D eigenvalue weighted by molar-refractivity contribution is -0.150. The number of methoxy groups -OCH3 is 1. The van der Waals surface area contributed by atoms with Gasteiger partial charge in [0.05, 0.1) is 25.9 Å². The SMILES string of the molecule is COC(=O)C(=O)Nc1ccc(OCCCOc2ccc(C(C)=O)c(O)c2CCC(F)(F)F)cc1C. The van der Waals surface area contributed by atoms with E-state index < -0.39 is 42.4 Å². The first-order valence-electron chi connectivity index (χ1n) is 10.6. The molecule has 35 heavy (non-hydrogen) atoms. The van der Waals surface area contributed by atoms with E-state index in [1.54, 1.807) is 25.1 Å². The van der Waals surface area contributed by atoms with Crippen LogP contribution in [0.4, 0.5) is 18.9 Å². The van der Waals surface area contributed by atoms with E-state index in [1.165, 1.54) is 19.1 Å². The van der Waals surface area contributed by atoms with Crippen LogP contribution in [0.15, 0.2) is 30.3 Å². The third-order valence-corrected chi connectivity index (χ3v) is 4.91. The highest BCUT2D eigenvalue weighted by molar-refractivity contribution is 6.37. The number of halogens is 3. The molecule has 0 aromatic heterocycles. The summed E-state index contributed by atoms with van der Waals surface area (Å²) in [5, 5.41) is 12.7. The first kappa shape index (κ1) is 27.5. The second-order valence-electron chi connectivity index (χ2n) is 7.58. The van der Waals surface area contributed by atoms with E-state index >= 15 is 0 Å². The topological polar surface area (TPSA) is 111 Å². The summed E-state index contributed by atoms with van der Waals surface area (Å²) in [5.41, 5.74) is 0.915. The van der Waals surface area contributed by atoms with Gasteiger partial charge >= 0.3 is 18.1 Å². The van der Waals surface area contributed by atoms with Gasteiger partial charge in [0.25, 0.3) is 0 Å². The number of carbonyl (C=O) groups excluding carboxylic acids is 3. The number of ketones is 1. The molecule has 0 unspecified atom stereocenters. The molecule has 0 bridgehead atoms. The molecule has 2 aromatic rings. The summed E-state index contributed by atoms with van der Waals surface area (Å²) in [4.78, 5) is 34.5. The number of esters is 1. The zero-order valence-electron chi connectivity index (χ0n) is 19.5. The summed E-state index contributed by atoms with van der Waals surface area (Å²) in [6, 6.07) is 7.49. The van der Waals surface area contributed by atoms with Crippen LogP contribution in [-0.2, 0) is 20.7 Å². The Kier molecular flexibility index (Phi) is 9.50. The van der Waals surface area contributed by atoms with Crippen molar-refractivity contribution in [1.29, 1.82) is 0 Å². The van der Waals surface area contributed by atoms with Crippen LogP contribution >= 0.6 is 0 Å². The molecule has 0 atom stereocenters. The van der Waals surface area contributed by atoms with Gasteiger partial charge in [0, 0.05) is 24.1 Å². The van der Waals surface area contributed by atoms with Crippen molar-refractivity contribution in [2.75, 3.05) is 25.6 Å². The number of carbonyl (C=O) groups is 3. The van der Waals surface area contributed by atoms with Gasteiger partial charge < -0.3 is 24.6 Å². The smallest absolute Gasteiger partial charge is 0.396 e. The number of phenolic OH excluding ortho intramolecular Hbond substituents is 1. The van der Waals surface area contributed by atoms with Gasteiger partial charge in [-0.2, -0.15) is 13.2 Å². The predicted molar refractivity (Wildman–Crippen MR) is 120 cm³/mol. The number of phenols is 1. The van der Waals surface area contributed by atoms with E-state index in [2.05, 4.69) is 10.1 Å². The van der Waals surface area contributed by atoms with Crippen molar-refractivity contribution in [3.63, 3.8) is 0 Å². The minimum absolute atomic E-state index is 0.0679. The summed E-state index contributed by atoms with van der Waals surface area (Å²) >= 11 is 0. The van der Waals surface area contributed by atoms with Crippen LogP contribution in [0.2, 0.25) is 0 Å². The molecule has 0 fully saturated rings. The van der Waals surface area contributed by atoms with Crippen molar-refractivity contribution < 1.29 is 46.9 Å².